The molecule has 1 amide bonds. The van der Waals surface area contributed by atoms with Crippen molar-refractivity contribution in [3.63, 3.8) is 0 Å². The van der Waals surface area contributed by atoms with E-state index in [-0.39, 0.29) is 29.6 Å². The van der Waals surface area contributed by atoms with Crippen LogP contribution in [0.25, 0.3) is 0 Å². The van der Waals surface area contributed by atoms with Gasteiger partial charge in [-0.3, -0.25) is 4.79 Å². The molecule has 0 aliphatic carbocycles. The molecule has 3 nitrogen and oxygen atoms in total. The second-order valence-electron chi connectivity index (χ2n) is 4.31. The first-order valence-corrected chi connectivity index (χ1v) is 5.93. The topological polar surface area (TPSA) is 46.3 Å². The van der Waals surface area contributed by atoms with E-state index in [4.69, 9.17) is 5.73 Å². The third-order valence-electron chi connectivity index (χ3n) is 2.76. The molecule has 102 valence electrons. The van der Waals surface area contributed by atoms with Crippen molar-refractivity contribution >= 4 is 30.1 Å². The number of carbonyl (C=O) groups excluding carboxylic acids is 1. The van der Waals surface area contributed by atoms with E-state index in [0.717, 1.165) is 6.42 Å². The Bertz CT molecular complexity index is 277. The minimum atomic E-state index is -4.34. The van der Waals surface area contributed by atoms with Gasteiger partial charge in [-0.05, 0) is 30.1 Å². The Morgan fingerprint density at radius 2 is 2.12 bits per heavy atom. The van der Waals surface area contributed by atoms with Gasteiger partial charge >= 0.3 is 5.51 Å². The van der Waals surface area contributed by atoms with Crippen molar-refractivity contribution in [1.29, 1.82) is 0 Å². The number of rotatable bonds is 3. The second-order valence-corrected chi connectivity index (χ2v) is 5.35. The minimum absolute atomic E-state index is 0. The molecule has 2 N–H and O–H groups in total. The highest BCUT2D eigenvalue weighted by Crippen LogP contribution is 2.32. The van der Waals surface area contributed by atoms with Crippen molar-refractivity contribution in [2.24, 2.45) is 11.1 Å². The van der Waals surface area contributed by atoms with E-state index in [0.29, 0.717) is 19.6 Å². The average molecular weight is 293 g/mol. The number of nitrogens with two attached hydrogens (primary N) is 1. The monoisotopic (exact) mass is 292 g/mol. The lowest BCUT2D eigenvalue weighted by Gasteiger charge is -2.22. The van der Waals surface area contributed by atoms with E-state index < -0.39 is 17.2 Å². The number of carbonyl (C=O) groups is 1. The van der Waals surface area contributed by atoms with Crippen molar-refractivity contribution in [3.05, 3.63) is 0 Å². The molecule has 0 aromatic rings. The maximum atomic E-state index is 11.9. The van der Waals surface area contributed by atoms with E-state index in [9.17, 15) is 18.0 Å². The van der Waals surface area contributed by atoms with Gasteiger partial charge in [-0.2, -0.15) is 13.2 Å². The molecule has 0 saturated carbocycles. The molecule has 1 saturated heterocycles. The molecule has 1 fully saturated rings. The van der Waals surface area contributed by atoms with Gasteiger partial charge in [0.1, 0.15) is 0 Å². The van der Waals surface area contributed by atoms with Crippen LogP contribution in [0.4, 0.5) is 13.2 Å². The second kappa shape index (κ2) is 6.15. The molecule has 1 rings (SSSR count). The lowest BCUT2D eigenvalue weighted by Crippen LogP contribution is -2.35. The van der Waals surface area contributed by atoms with Gasteiger partial charge < -0.3 is 10.6 Å². The first-order chi connectivity index (χ1) is 7.26. The van der Waals surface area contributed by atoms with Gasteiger partial charge in [0.05, 0.1) is 5.75 Å². The van der Waals surface area contributed by atoms with Gasteiger partial charge in [0.2, 0.25) is 5.91 Å². The third-order valence-corrected chi connectivity index (χ3v) is 3.48. The predicted molar refractivity (Wildman–Crippen MR) is 64.1 cm³/mol. The summed E-state index contributed by atoms with van der Waals surface area (Å²) in [5.41, 5.74) is 1.07. The molecule has 1 atom stereocenters. The normalized spacial score (nSPS) is 24.6. The Morgan fingerprint density at radius 1 is 1.53 bits per heavy atom. The van der Waals surface area contributed by atoms with Gasteiger partial charge in [-0.1, -0.05) is 6.92 Å². The van der Waals surface area contributed by atoms with Crippen LogP contribution >= 0.6 is 24.2 Å². The summed E-state index contributed by atoms with van der Waals surface area (Å²) in [5, 5.41) is 0. The van der Waals surface area contributed by atoms with Gasteiger partial charge in [0.15, 0.2) is 0 Å². The largest absolute Gasteiger partial charge is 0.442 e. The highest BCUT2D eigenvalue weighted by atomic mass is 35.5. The molecule has 1 unspecified atom stereocenters. The van der Waals surface area contributed by atoms with Crippen LogP contribution in [0.3, 0.4) is 0 Å². The lowest BCUT2D eigenvalue weighted by molar-refractivity contribution is -0.127. The predicted octanol–water partition coefficient (Wildman–Crippen LogP) is 1.86. The van der Waals surface area contributed by atoms with Crippen LogP contribution in [0.1, 0.15) is 13.3 Å². The number of hydrogen-bond acceptors (Lipinski definition) is 3. The summed E-state index contributed by atoms with van der Waals surface area (Å²) < 4.78 is 35.7. The number of likely N-dealkylation sites (tertiary alicyclic amines) is 1. The Labute approximate surface area is 109 Å². The van der Waals surface area contributed by atoms with Crippen LogP contribution < -0.4 is 5.73 Å². The van der Waals surface area contributed by atoms with Crippen LogP contribution in [-0.2, 0) is 4.79 Å². The maximum absolute atomic E-state index is 11.9. The first kappa shape index (κ1) is 16.9. The van der Waals surface area contributed by atoms with Crippen LogP contribution in [-0.4, -0.2) is 41.7 Å². The molecule has 0 aromatic carbocycles. The lowest BCUT2D eigenvalue weighted by atomic mass is 9.90. The summed E-state index contributed by atoms with van der Waals surface area (Å²) in [5.74, 6) is -0.996. The standard InChI is InChI=1S/C9H15F3N2OS.ClH/c1-8(5-13)2-3-14(6-8)7(15)4-16-9(10,11)12;/h2-6,13H2,1H3;1H. The van der Waals surface area contributed by atoms with Crippen molar-refractivity contribution in [2.45, 2.75) is 18.9 Å². The number of hydrogen-bond donors (Lipinski definition) is 1. The zero-order valence-electron chi connectivity index (χ0n) is 9.42. The number of alkyl halides is 3. The molecule has 0 spiro atoms. The van der Waals surface area contributed by atoms with E-state index in [2.05, 4.69) is 0 Å². The molecular formula is C9H16ClF3N2OS. The first-order valence-electron chi connectivity index (χ1n) is 4.94. The minimum Gasteiger partial charge on any atom is -0.341 e. The number of halogens is 4. The highest BCUT2D eigenvalue weighted by Gasteiger charge is 2.36. The number of nitrogens with zero attached hydrogens (tertiary/aromatic N) is 1. The molecular weight excluding hydrogens is 277 g/mol. The quantitative estimate of drug-likeness (QED) is 0.864. The van der Waals surface area contributed by atoms with Crippen molar-refractivity contribution < 1.29 is 18.0 Å². The Morgan fingerprint density at radius 3 is 2.53 bits per heavy atom. The van der Waals surface area contributed by atoms with Crippen LogP contribution in [0, 0.1) is 5.41 Å². The van der Waals surface area contributed by atoms with Crippen LogP contribution in [0.2, 0.25) is 0 Å². The zero-order valence-corrected chi connectivity index (χ0v) is 11.1. The Balaban J connectivity index is 0.00000256. The van der Waals surface area contributed by atoms with Crippen molar-refractivity contribution in [3.8, 4) is 0 Å². The van der Waals surface area contributed by atoms with E-state index >= 15 is 0 Å². The molecule has 17 heavy (non-hydrogen) atoms. The zero-order chi connectivity index (χ0) is 12.4. The van der Waals surface area contributed by atoms with E-state index in [1.807, 2.05) is 6.92 Å². The summed E-state index contributed by atoms with van der Waals surface area (Å²) in [7, 11) is 0. The van der Waals surface area contributed by atoms with Crippen LogP contribution in [0.5, 0.6) is 0 Å². The molecule has 1 aliphatic rings. The molecule has 0 radical (unpaired) electrons. The molecule has 1 heterocycles. The third kappa shape index (κ3) is 5.35. The van der Waals surface area contributed by atoms with Gasteiger partial charge in [0.25, 0.3) is 0 Å². The molecule has 1 aliphatic heterocycles. The number of thioether (sulfide) groups is 1. The smallest absolute Gasteiger partial charge is 0.341 e. The van der Waals surface area contributed by atoms with E-state index in [1.165, 1.54) is 4.90 Å². The molecule has 0 bridgehead atoms. The fraction of sp³-hybridized carbons (Fsp3) is 0.889. The van der Waals surface area contributed by atoms with Gasteiger partial charge in [0, 0.05) is 13.1 Å². The SMILES string of the molecule is CC1(CN)CCN(C(=O)CSC(F)(F)F)C1.Cl. The average Bonchev–Trinajstić information content (AvgIpc) is 2.57. The summed E-state index contributed by atoms with van der Waals surface area (Å²) >= 11 is -0.286. The van der Waals surface area contributed by atoms with Gasteiger partial charge in [-0.15, -0.1) is 12.4 Å². The Kier molecular flexibility index (Phi) is 6.10. The molecule has 8 heteroatoms. The number of amides is 1. The summed E-state index contributed by atoms with van der Waals surface area (Å²) in [6.07, 6.45) is 0.756. The summed E-state index contributed by atoms with van der Waals surface area (Å²) in [6.45, 7) is 3.35. The fourth-order valence-electron chi connectivity index (χ4n) is 1.64. The van der Waals surface area contributed by atoms with E-state index in [1.54, 1.807) is 0 Å². The van der Waals surface area contributed by atoms with Crippen molar-refractivity contribution in [2.75, 3.05) is 25.4 Å². The summed E-state index contributed by atoms with van der Waals surface area (Å²) in [6, 6.07) is 0. The fourth-order valence-corrected chi connectivity index (χ4v) is 2.11. The summed E-state index contributed by atoms with van der Waals surface area (Å²) in [4.78, 5) is 12.9. The van der Waals surface area contributed by atoms with Gasteiger partial charge in [-0.25, -0.2) is 0 Å². The highest BCUT2D eigenvalue weighted by molar-refractivity contribution is 8.00. The van der Waals surface area contributed by atoms with Crippen LogP contribution in [0.15, 0.2) is 0 Å². The van der Waals surface area contributed by atoms with Crippen molar-refractivity contribution in [1.82, 2.24) is 4.90 Å². The Hall–Kier alpha value is -0.140. The molecule has 0 aromatic heterocycles. The maximum Gasteiger partial charge on any atom is 0.442 e.